The summed E-state index contributed by atoms with van der Waals surface area (Å²) in [6.07, 6.45) is -0.851. The van der Waals surface area contributed by atoms with Crippen LogP contribution in [0.3, 0.4) is 0 Å². The zero-order valence-corrected chi connectivity index (χ0v) is 13.4. The molecule has 22 heavy (non-hydrogen) atoms. The summed E-state index contributed by atoms with van der Waals surface area (Å²) < 4.78 is 32.3. The maximum Gasteiger partial charge on any atom is 0.261 e. The van der Waals surface area contributed by atoms with Crippen LogP contribution in [-0.2, 0) is 11.3 Å². The highest BCUT2D eigenvalue weighted by Crippen LogP contribution is 2.22. The van der Waals surface area contributed by atoms with Crippen molar-refractivity contribution < 1.29 is 18.3 Å². The molecule has 3 nitrogen and oxygen atoms in total. The van der Waals surface area contributed by atoms with Crippen molar-refractivity contribution in [2.75, 3.05) is 0 Å². The van der Waals surface area contributed by atoms with Gasteiger partial charge in [-0.15, -0.1) is 0 Å². The third kappa shape index (κ3) is 4.53. The summed E-state index contributed by atoms with van der Waals surface area (Å²) in [5, 5.41) is 2.65. The van der Waals surface area contributed by atoms with Crippen LogP contribution in [-0.4, -0.2) is 12.0 Å². The Morgan fingerprint density at radius 2 is 1.91 bits per heavy atom. The van der Waals surface area contributed by atoms with Crippen molar-refractivity contribution in [1.29, 1.82) is 0 Å². The lowest BCUT2D eigenvalue weighted by atomic mass is 10.2. The third-order valence-electron chi connectivity index (χ3n) is 2.95. The molecule has 0 heterocycles. The Morgan fingerprint density at radius 1 is 1.23 bits per heavy atom. The normalized spacial score (nSPS) is 11.8. The van der Waals surface area contributed by atoms with Gasteiger partial charge in [-0.2, -0.15) is 0 Å². The van der Waals surface area contributed by atoms with Crippen LogP contribution in [0, 0.1) is 11.6 Å². The molecular formula is C16H14BrF2NO2. The summed E-state index contributed by atoms with van der Waals surface area (Å²) in [5.74, 6) is -1.26. The second kappa shape index (κ2) is 7.35. The molecule has 2 aromatic carbocycles. The molecule has 0 spiro atoms. The van der Waals surface area contributed by atoms with E-state index in [1.54, 1.807) is 18.2 Å². The van der Waals surface area contributed by atoms with E-state index in [-0.39, 0.29) is 24.0 Å². The van der Waals surface area contributed by atoms with E-state index in [0.717, 1.165) is 5.56 Å². The van der Waals surface area contributed by atoms with Gasteiger partial charge >= 0.3 is 0 Å². The molecule has 0 bridgehead atoms. The summed E-state index contributed by atoms with van der Waals surface area (Å²) in [6, 6.07) is 10.1. The molecule has 0 aromatic heterocycles. The molecular weight excluding hydrogens is 356 g/mol. The molecule has 0 fully saturated rings. The minimum absolute atomic E-state index is 0.00707. The zero-order valence-electron chi connectivity index (χ0n) is 11.8. The highest BCUT2D eigenvalue weighted by molar-refractivity contribution is 9.10. The summed E-state index contributed by atoms with van der Waals surface area (Å²) in [7, 11) is 0. The molecule has 0 unspecified atom stereocenters. The lowest BCUT2D eigenvalue weighted by molar-refractivity contribution is -0.127. The fourth-order valence-electron chi connectivity index (χ4n) is 1.75. The van der Waals surface area contributed by atoms with Gasteiger partial charge < -0.3 is 10.1 Å². The summed E-state index contributed by atoms with van der Waals surface area (Å²) >= 11 is 3.15. The first kappa shape index (κ1) is 16.4. The van der Waals surface area contributed by atoms with Gasteiger partial charge in [-0.25, -0.2) is 8.78 Å². The molecule has 0 aliphatic carbocycles. The van der Waals surface area contributed by atoms with E-state index in [9.17, 15) is 13.6 Å². The van der Waals surface area contributed by atoms with Gasteiger partial charge in [0.25, 0.3) is 5.91 Å². The first-order valence-electron chi connectivity index (χ1n) is 6.59. The molecule has 6 heteroatoms. The molecule has 1 N–H and O–H groups in total. The number of halogens is 3. The summed E-state index contributed by atoms with van der Waals surface area (Å²) in [5.41, 5.74) is 0.761. The molecule has 2 rings (SSSR count). The Labute approximate surface area is 135 Å². The minimum Gasteiger partial charge on any atom is -0.478 e. The number of amides is 1. The van der Waals surface area contributed by atoms with E-state index in [4.69, 9.17) is 4.74 Å². The van der Waals surface area contributed by atoms with E-state index in [1.807, 2.05) is 0 Å². The monoisotopic (exact) mass is 369 g/mol. The van der Waals surface area contributed by atoms with Crippen LogP contribution in [0.4, 0.5) is 8.78 Å². The quantitative estimate of drug-likeness (QED) is 0.869. The maximum atomic E-state index is 13.6. The van der Waals surface area contributed by atoms with Crippen molar-refractivity contribution in [3.63, 3.8) is 0 Å². The predicted molar refractivity (Wildman–Crippen MR) is 82.4 cm³/mol. The summed E-state index contributed by atoms with van der Waals surface area (Å²) in [6.45, 7) is 1.77. The highest BCUT2D eigenvalue weighted by atomic mass is 79.9. The molecule has 1 amide bonds. The predicted octanol–water partition coefficient (Wildman–Crippen LogP) is 3.81. The Morgan fingerprint density at radius 3 is 2.55 bits per heavy atom. The maximum absolute atomic E-state index is 13.6. The van der Waals surface area contributed by atoms with Gasteiger partial charge in [0.05, 0.1) is 0 Å². The van der Waals surface area contributed by atoms with Gasteiger partial charge in [-0.05, 0) is 42.8 Å². The molecule has 0 saturated heterocycles. The second-order valence-electron chi connectivity index (χ2n) is 4.68. The smallest absolute Gasteiger partial charge is 0.261 e. The fraction of sp³-hybridized carbons (Fsp3) is 0.188. The SMILES string of the molecule is C[C@H](Oc1ccc(Br)cc1F)C(=O)NCc1ccc(F)cc1. The molecule has 2 aromatic rings. The van der Waals surface area contributed by atoms with Crippen molar-refractivity contribution in [2.24, 2.45) is 0 Å². The number of carbonyl (C=O) groups is 1. The number of rotatable bonds is 5. The van der Waals surface area contributed by atoms with E-state index in [1.165, 1.54) is 31.2 Å². The van der Waals surface area contributed by atoms with Crippen LogP contribution in [0.15, 0.2) is 46.9 Å². The molecule has 0 aliphatic rings. The number of ether oxygens (including phenoxy) is 1. The fourth-order valence-corrected chi connectivity index (χ4v) is 2.08. The number of hydrogen-bond donors (Lipinski definition) is 1. The van der Waals surface area contributed by atoms with Crippen LogP contribution >= 0.6 is 15.9 Å². The standard InChI is InChI=1S/C16H14BrF2NO2/c1-10(22-15-7-4-12(17)8-14(15)19)16(21)20-9-11-2-5-13(18)6-3-11/h2-8,10H,9H2,1H3,(H,20,21)/t10-/m0/s1. The van der Waals surface area contributed by atoms with Crippen LogP contribution in [0.2, 0.25) is 0 Å². The average Bonchev–Trinajstić information content (AvgIpc) is 2.49. The number of hydrogen-bond acceptors (Lipinski definition) is 2. The molecule has 0 aliphatic heterocycles. The van der Waals surface area contributed by atoms with E-state index >= 15 is 0 Å². The Balaban J connectivity index is 1.90. The van der Waals surface area contributed by atoms with Crippen LogP contribution in [0.1, 0.15) is 12.5 Å². The lowest BCUT2D eigenvalue weighted by Gasteiger charge is -2.15. The molecule has 0 radical (unpaired) electrons. The van der Waals surface area contributed by atoms with Crippen molar-refractivity contribution in [3.05, 3.63) is 64.1 Å². The number of carbonyl (C=O) groups excluding carboxylic acids is 1. The van der Waals surface area contributed by atoms with Gasteiger partial charge in [-0.3, -0.25) is 4.79 Å². The molecule has 1 atom stereocenters. The van der Waals surface area contributed by atoms with Gasteiger partial charge in [0, 0.05) is 11.0 Å². The van der Waals surface area contributed by atoms with Gasteiger partial charge in [0.2, 0.25) is 0 Å². The van der Waals surface area contributed by atoms with E-state index in [0.29, 0.717) is 4.47 Å². The second-order valence-corrected chi connectivity index (χ2v) is 5.59. The van der Waals surface area contributed by atoms with Crippen LogP contribution in [0.5, 0.6) is 5.75 Å². The first-order chi connectivity index (χ1) is 10.5. The first-order valence-corrected chi connectivity index (χ1v) is 7.39. The largest absolute Gasteiger partial charge is 0.478 e. The Bertz CT molecular complexity index is 662. The Kier molecular flexibility index (Phi) is 5.49. The van der Waals surface area contributed by atoms with Crippen molar-refractivity contribution in [2.45, 2.75) is 19.6 Å². The van der Waals surface area contributed by atoms with Crippen molar-refractivity contribution >= 4 is 21.8 Å². The molecule has 0 saturated carbocycles. The average molecular weight is 370 g/mol. The van der Waals surface area contributed by atoms with Gasteiger partial charge in [0.1, 0.15) is 5.82 Å². The molecule has 116 valence electrons. The summed E-state index contributed by atoms with van der Waals surface area (Å²) in [4.78, 5) is 11.9. The number of benzene rings is 2. The minimum atomic E-state index is -0.851. The highest BCUT2D eigenvalue weighted by Gasteiger charge is 2.16. The van der Waals surface area contributed by atoms with Crippen LogP contribution in [0.25, 0.3) is 0 Å². The van der Waals surface area contributed by atoms with Crippen LogP contribution < -0.4 is 10.1 Å². The van der Waals surface area contributed by atoms with Crippen molar-refractivity contribution in [3.8, 4) is 5.75 Å². The third-order valence-corrected chi connectivity index (χ3v) is 3.44. The van der Waals surface area contributed by atoms with Crippen molar-refractivity contribution in [1.82, 2.24) is 5.32 Å². The zero-order chi connectivity index (χ0) is 16.1. The Hall–Kier alpha value is -1.95. The van der Waals surface area contributed by atoms with E-state index < -0.39 is 11.9 Å². The topological polar surface area (TPSA) is 38.3 Å². The lowest BCUT2D eigenvalue weighted by Crippen LogP contribution is -2.36. The number of nitrogens with one attached hydrogen (secondary N) is 1. The van der Waals surface area contributed by atoms with E-state index in [2.05, 4.69) is 21.2 Å². The van der Waals surface area contributed by atoms with Gasteiger partial charge in [-0.1, -0.05) is 28.1 Å². The van der Waals surface area contributed by atoms with Gasteiger partial charge in [0.15, 0.2) is 17.7 Å².